The Labute approximate surface area is 104 Å². The van der Waals surface area contributed by atoms with Crippen LogP contribution >= 0.6 is 12.6 Å². The molecular formula is C9H17NO6S. The lowest BCUT2D eigenvalue weighted by Gasteiger charge is -2.40. The Morgan fingerprint density at radius 2 is 1.94 bits per heavy atom. The summed E-state index contributed by atoms with van der Waals surface area (Å²) in [5, 5.41) is 40.0. The molecule has 8 heteroatoms. The van der Waals surface area contributed by atoms with E-state index in [1.807, 2.05) is 0 Å². The number of rotatable bonds is 4. The van der Waals surface area contributed by atoms with Gasteiger partial charge in [-0.1, -0.05) is 0 Å². The Balaban J connectivity index is 2.63. The van der Waals surface area contributed by atoms with Gasteiger partial charge in [-0.3, -0.25) is 4.79 Å². The third kappa shape index (κ3) is 3.54. The van der Waals surface area contributed by atoms with E-state index in [2.05, 4.69) is 17.9 Å². The highest BCUT2D eigenvalue weighted by atomic mass is 32.1. The molecule has 0 aromatic carbocycles. The minimum Gasteiger partial charge on any atom is -0.394 e. The number of aliphatic hydroxyl groups excluding tert-OH is 4. The minimum absolute atomic E-state index is 0.124. The molecule has 1 heterocycles. The second-order valence-corrected chi connectivity index (χ2v) is 4.24. The van der Waals surface area contributed by atoms with Gasteiger partial charge in [-0.05, 0) is 5.75 Å². The molecule has 5 atom stereocenters. The van der Waals surface area contributed by atoms with Gasteiger partial charge in [-0.25, -0.2) is 0 Å². The van der Waals surface area contributed by atoms with Gasteiger partial charge in [-0.15, -0.1) is 0 Å². The van der Waals surface area contributed by atoms with E-state index in [1.54, 1.807) is 0 Å². The standard InChI is InChI=1S/C9H17NO6S/c11-3-4-7(13)8(14)6(9(15)16-4)10-5(12)1-2-17/h4,6-9,11,13-15,17H,1-3H2,(H,10,12)/t4?,6?,7-,8?,9?/m1/s1. The fourth-order valence-corrected chi connectivity index (χ4v) is 1.82. The first-order valence-corrected chi connectivity index (χ1v) is 5.85. The molecule has 0 aromatic rings. The van der Waals surface area contributed by atoms with E-state index in [1.165, 1.54) is 0 Å². The Morgan fingerprint density at radius 1 is 1.29 bits per heavy atom. The van der Waals surface area contributed by atoms with Crippen molar-refractivity contribution in [3.63, 3.8) is 0 Å². The molecule has 1 amide bonds. The Kier molecular flexibility index (Phi) is 5.63. The molecule has 5 N–H and O–H groups in total. The fraction of sp³-hybridized carbons (Fsp3) is 0.889. The Morgan fingerprint density at radius 3 is 2.47 bits per heavy atom. The van der Waals surface area contributed by atoms with E-state index >= 15 is 0 Å². The lowest BCUT2D eigenvalue weighted by molar-refractivity contribution is -0.253. The van der Waals surface area contributed by atoms with Crippen LogP contribution in [0.15, 0.2) is 0 Å². The first kappa shape index (κ1) is 14.7. The molecule has 0 bridgehead atoms. The van der Waals surface area contributed by atoms with E-state index in [9.17, 15) is 20.1 Å². The van der Waals surface area contributed by atoms with Crippen LogP contribution in [-0.4, -0.2) is 69.3 Å². The molecule has 0 spiro atoms. The Hall–Kier alpha value is -0.380. The molecular weight excluding hydrogens is 250 g/mol. The average Bonchev–Trinajstić information content (AvgIpc) is 2.29. The van der Waals surface area contributed by atoms with E-state index in [4.69, 9.17) is 9.84 Å². The molecule has 1 aliphatic rings. The molecule has 0 saturated carbocycles. The van der Waals surface area contributed by atoms with E-state index in [0.717, 1.165) is 0 Å². The van der Waals surface area contributed by atoms with Crippen LogP contribution in [-0.2, 0) is 9.53 Å². The largest absolute Gasteiger partial charge is 0.394 e. The summed E-state index contributed by atoms with van der Waals surface area (Å²) in [7, 11) is 0. The highest BCUT2D eigenvalue weighted by molar-refractivity contribution is 7.80. The second kappa shape index (κ2) is 6.53. The molecule has 0 aliphatic carbocycles. The van der Waals surface area contributed by atoms with Gasteiger partial charge < -0.3 is 30.5 Å². The summed E-state index contributed by atoms with van der Waals surface area (Å²) in [6.07, 6.45) is -5.20. The summed E-state index contributed by atoms with van der Waals surface area (Å²) in [5.41, 5.74) is 0. The summed E-state index contributed by atoms with van der Waals surface area (Å²) in [5.74, 6) is -0.0886. The maximum atomic E-state index is 11.3. The zero-order valence-electron chi connectivity index (χ0n) is 9.06. The SMILES string of the molecule is O=C(CCS)NC1C(O)OC(CO)[C@@H](O)C1O. The summed E-state index contributed by atoms with van der Waals surface area (Å²) < 4.78 is 4.87. The van der Waals surface area contributed by atoms with Gasteiger partial charge in [0.05, 0.1) is 6.61 Å². The van der Waals surface area contributed by atoms with Gasteiger partial charge in [0, 0.05) is 6.42 Å². The first-order chi connectivity index (χ1) is 8.01. The van der Waals surface area contributed by atoms with Crippen molar-refractivity contribution in [1.29, 1.82) is 0 Å². The van der Waals surface area contributed by atoms with Crippen molar-refractivity contribution in [2.24, 2.45) is 0 Å². The van der Waals surface area contributed by atoms with Crippen molar-refractivity contribution in [2.75, 3.05) is 12.4 Å². The number of carbonyl (C=O) groups excluding carboxylic acids is 1. The van der Waals surface area contributed by atoms with Crippen LogP contribution in [0, 0.1) is 0 Å². The molecule has 1 fully saturated rings. The summed E-state index contributed by atoms with van der Waals surface area (Å²) in [6.45, 7) is -0.535. The third-order valence-electron chi connectivity index (χ3n) is 2.57. The number of aliphatic hydroxyl groups is 4. The predicted molar refractivity (Wildman–Crippen MR) is 60.4 cm³/mol. The summed E-state index contributed by atoms with van der Waals surface area (Å²) in [6, 6.07) is -1.12. The molecule has 100 valence electrons. The van der Waals surface area contributed by atoms with Crippen molar-refractivity contribution < 1.29 is 30.0 Å². The molecule has 0 aromatic heterocycles. The number of amides is 1. The van der Waals surface area contributed by atoms with Crippen molar-refractivity contribution in [3.05, 3.63) is 0 Å². The molecule has 0 radical (unpaired) electrons. The number of ether oxygens (including phenoxy) is 1. The van der Waals surface area contributed by atoms with Gasteiger partial charge in [0.25, 0.3) is 0 Å². The van der Waals surface area contributed by atoms with E-state index < -0.39 is 43.2 Å². The third-order valence-corrected chi connectivity index (χ3v) is 2.79. The number of thiol groups is 1. The highest BCUT2D eigenvalue weighted by Gasteiger charge is 2.44. The Bertz CT molecular complexity index is 266. The summed E-state index contributed by atoms with van der Waals surface area (Å²) >= 11 is 3.87. The zero-order chi connectivity index (χ0) is 13.0. The number of hydrogen-bond acceptors (Lipinski definition) is 7. The van der Waals surface area contributed by atoms with Gasteiger partial charge in [0.1, 0.15) is 24.4 Å². The van der Waals surface area contributed by atoms with Crippen LogP contribution in [0.5, 0.6) is 0 Å². The van der Waals surface area contributed by atoms with Crippen molar-refractivity contribution >= 4 is 18.5 Å². The van der Waals surface area contributed by atoms with Crippen molar-refractivity contribution in [1.82, 2.24) is 5.32 Å². The highest BCUT2D eigenvalue weighted by Crippen LogP contribution is 2.19. The predicted octanol–water partition coefficient (Wildman–Crippen LogP) is -2.78. The van der Waals surface area contributed by atoms with E-state index in [-0.39, 0.29) is 6.42 Å². The molecule has 1 aliphatic heterocycles. The van der Waals surface area contributed by atoms with Gasteiger partial charge >= 0.3 is 0 Å². The van der Waals surface area contributed by atoms with Gasteiger partial charge in [-0.2, -0.15) is 12.6 Å². The lowest BCUT2D eigenvalue weighted by Crippen LogP contribution is -2.64. The van der Waals surface area contributed by atoms with Crippen molar-refractivity contribution in [3.8, 4) is 0 Å². The molecule has 1 saturated heterocycles. The van der Waals surface area contributed by atoms with Crippen LogP contribution in [0.1, 0.15) is 6.42 Å². The van der Waals surface area contributed by atoms with E-state index in [0.29, 0.717) is 5.75 Å². The van der Waals surface area contributed by atoms with Gasteiger partial charge in [0.15, 0.2) is 6.29 Å². The smallest absolute Gasteiger partial charge is 0.221 e. The van der Waals surface area contributed by atoms with Crippen LogP contribution < -0.4 is 5.32 Å². The second-order valence-electron chi connectivity index (χ2n) is 3.80. The molecule has 4 unspecified atom stereocenters. The van der Waals surface area contributed by atoms with Crippen LogP contribution in [0.2, 0.25) is 0 Å². The minimum atomic E-state index is -1.48. The lowest BCUT2D eigenvalue weighted by atomic mass is 9.97. The summed E-state index contributed by atoms with van der Waals surface area (Å²) in [4.78, 5) is 11.3. The first-order valence-electron chi connectivity index (χ1n) is 5.22. The zero-order valence-corrected chi connectivity index (χ0v) is 9.96. The monoisotopic (exact) mass is 267 g/mol. The molecule has 17 heavy (non-hydrogen) atoms. The quantitative estimate of drug-likeness (QED) is 0.307. The topological polar surface area (TPSA) is 119 Å². The molecule has 7 nitrogen and oxygen atoms in total. The maximum absolute atomic E-state index is 11.3. The van der Waals surface area contributed by atoms with Crippen LogP contribution in [0.4, 0.5) is 0 Å². The number of hydrogen-bond donors (Lipinski definition) is 6. The maximum Gasteiger partial charge on any atom is 0.221 e. The molecule has 1 rings (SSSR count). The normalized spacial score (nSPS) is 37.8. The van der Waals surface area contributed by atoms with Crippen LogP contribution in [0.3, 0.4) is 0 Å². The fourth-order valence-electron chi connectivity index (χ4n) is 1.61. The van der Waals surface area contributed by atoms with Gasteiger partial charge in [0.2, 0.25) is 5.91 Å². The average molecular weight is 267 g/mol. The number of nitrogens with one attached hydrogen (secondary N) is 1. The number of carbonyl (C=O) groups is 1. The van der Waals surface area contributed by atoms with Crippen LogP contribution in [0.25, 0.3) is 0 Å². The van der Waals surface area contributed by atoms with Crippen molar-refractivity contribution in [2.45, 2.75) is 37.1 Å².